The van der Waals surface area contributed by atoms with E-state index in [9.17, 15) is 0 Å². The van der Waals surface area contributed by atoms with E-state index in [0.29, 0.717) is 6.04 Å². The Kier molecular flexibility index (Phi) is 4.78. The van der Waals surface area contributed by atoms with Crippen LogP contribution in [0.3, 0.4) is 0 Å². The van der Waals surface area contributed by atoms with Gasteiger partial charge in [0.1, 0.15) is 0 Å². The fourth-order valence-electron chi connectivity index (χ4n) is 2.15. The third kappa shape index (κ3) is 3.92. The van der Waals surface area contributed by atoms with Crippen molar-refractivity contribution >= 4 is 15.9 Å². The van der Waals surface area contributed by atoms with Crippen LogP contribution in [0, 0.1) is 13.8 Å². The van der Waals surface area contributed by atoms with E-state index >= 15 is 0 Å². The molecule has 0 heterocycles. The Morgan fingerprint density at radius 2 is 1.89 bits per heavy atom. The molecule has 100 valence electrons. The first-order chi connectivity index (χ1) is 9.06. The quantitative estimate of drug-likeness (QED) is 0.844. The summed E-state index contributed by atoms with van der Waals surface area (Å²) >= 11 is 3.53. The molecular weight excluding hydrogens is 298 g/mol. The van der Waals surface area contributed by atoms with E-state index < -0.39 is 0 Å². The summed E-state index contributed by atoms with van der Waals surface area (Å²) in [5.41, 5.74) is 5.25. The van der Waals surface area contributed by atoms with Crippen molar-refractivity contribution in [2.45, 2.75) is 33.4 Å². The van der Waals surface area contributed by atoms with Gasteiger partial charge in [-0.15, -0.1) is 0 Å². The van der Waals surface area contributed by atoms with Crippen molar-refractivity contribution in [1.29, 1.82) is 0 Å². The number of hydrogen-bond donors (Lipinski definition) is 1. The average Bonchev–Trinajstić information content (AvgIpc) is 2.40. The van der Waals surface area contributed by atoms with Crippen LogP contribution in [0.5, 0.6) is 0 Å². The molecule has 0 unspecified atom stereocenters. The maximum Gasteiger partial charge on any atom is 0.0295 e. The minimum absolute atomic E-state index is 0.365. The van der Waals surface area contributed by atoms with Crippen LogP contribution >= 0.6 is 15.9 Å². The zero-order valence-electron chi connectivity index (χ0n) is 11.7. The second kappa shape index (κ2) is 6.36. The van der Waals surface area contributed by atoms with Crippen LogP contribution in [0.15, 0.2) is 46.9 Å². The summed E-state index contributed by atoms with van der Waals surface area (Å²) in [6.45, 7) is 7.36. The fourth-order valence-corrected chi connectivity index (χ4v) is 2.39. The van der Waals surface area contributed by atoms with Crippen molar-refractivity contribution in [2.75, 3.05) is 0 Å². The van der Waals surface area contributed by atoms with E-state index in [4.69, 9.17) is 0 Å². The molecule has 0 saturated heterocycles. The Balaban J connectivity index is 2.00. The first kappa shape index (κ1) is 14.3. The molecule has 2 heteroatoms. The molecule has 19 heavy (non-hydrogen) atoms. The highest BCUT2D eigenvalue weighted by molar-refractivity contribution is 9.10. The SMILES string of the molecule is Cc1cccc([C@H](C)NCc2ccc(Br)c(C)c2)c1. The van der Waals surface area contributed by atoms with Crippen LogP contribution in [0.2, 0.25) is 0 Å². The monoisotopic (exact) mass is 317 g/mol. The normalized spacial score (nSPS) is 12.4. The highest BCUT2D eigenvalue weighted by Gasteiger charge is 2.05. The maximum atomic E-state index is 3.57. The Morgan fingerprint density at radius 3 is 2.58 bits per heavy atom. The lowest BCUT2D eigenvalue weighted by Gasteiger charge is -2.15. The Morgan fingerprint density at radius 1 is 1.11 bits per heavy atom. The lowest BCUT2D eigenvalue weighted by atomic mass is 10.1. The van der Waals surface area contributed by atoms with Gasteiger partial charge in [0.05, 0.1) is 0 Å². The molecule has 0 fully saturated rings. The fraction of sp³-hybridized carbons (Fsp3) is 0.294. The van der Waals surface area contributed by atoms with Crippen LogP contribution in [-0.4, -0.2) is 0 Å². The van der Waals surface area contributed by atoms with E-state index in [1.54, 1.807) is 0 Å². The van der Waals surface area contributed by atoms with Crippen molar-refractivity contribution in [3.8, 4) is 0 Å². The molecule has 1 N–H and O–H groups in total. The number of aryl methyl sites for hydroxylation is 2. The van der Waals surface area contributed by atoms with Gasteiger partial charge in [0.15, 0.2) is 0 Å². The largest absolute Gasteiger partial charge is 0.306 e. The molecule has 0 spiro atoms. The van der Waals surface area contributed by atoms with Gasteiger partial charge in [-0.05, 0) is 43.5 Å². The average molecular weight is 318 g/mol. The van der Waals surface area contributed by atoms with Crippen molar-refractivity contribution in [3.05, 3.63) is 69.2 Å². The predicted molar refractivity (Wildman–Crippen MR) is 85.3 cm³/mol. The number of rotatable bonds is 4. The summed E-state index contributed by atoms with van der Waals surface area (Å²) in [7, 11) is 0. The molecule has 1 nitrogen and oxygen atoms in total. The Labute approximate surface area is 124 Å². The summed E-state index contributed by atoms with van der Waals surface area (Å²) in [5.74, 6) is 0. The first-order valence-corrected chi connectivity index (χ1v) is 7.40. The molecule has 0 amide bonds. The third-order valence-corrected chi connectivity index (χ3v) is 4.27. The van der Waals surface area contributed by atoms with Gasteiger partial charge in [0, 0.05) is 17.1 Å². The van der Waals surface area contributed by atoms with Crippen molar-refractivity contribution in [2.24, 2.45) is 0 Å². The van der Waals surface area contributed by atoms with E-state index in [-0.39, 0.29) is 0 Å². The highest BCUT2D eigenvalue weighted by atomic mass is 79.9. The molecule has 0 aliphatic carbocycles. The van der Waals surface area contributed by atoms with Gasteiger partial charge in [-0.2, -0.15) is 0 Å². The summed E-state index contributed by atoms with van der Waals surface area (Å²) in [6.07, 6.45) is 0. The molecule has 2 aromatic carbocycles. The predicted octanol–water partition coefficient (Wildman–Crippen LogP) is 4.92. The van der Waals surface area contributed by atoms with Crippen LogP contribution in [-0.2, 0) is 6.54 Å². The summed E-state index contributed by atoms with van der Waals surface area (Å²) in [5, 5.41) is 3.57. The minimum atomic E-state index is 0.365. The van der Waals surface area contributed by atoms with Crippen molar-refractivity contribution in [3.63, 3.8) is 0 Å². The standard InChI is InChI=1S/C17H20BrN/c1-12-5-4-6-16(9-12)14(3)19-11-15-7-8-17(18)13(2)10-15/h4-10,14,19H,11H2,1-3H3/t14-/m0/s1. The van der Waals surface area contributed by atoms with Gasteiger partial charge in [-0.1, -0.05) is 57.9 Å². The van der Waals surface area contributed by atoms with Gasteiger partial charge in [-0.25, -0.2) is 0 Å². The molecule has 0 aliphatic heterocycles. The molecule has 0 aromatic heterocycles. The maximum absolute atomic E-state index is 3.57. The number of nitrogens with one attached hydrogen (secondary N) is 1. The molecule has 2 aromatic rings. The molecule has 0 radical (unpaired) electrons. The highest BCUT2D eigenvalue weighted by Crippen LogP contribution is 2.18. The number of halogens is 1. The van der Waals surface area contributed by atoms with E-state index in [1.807, 2.05) is 0 Å². The second-order valence-electron chi connectivity index (χ2n) is 5.10. The molecular formula is C17H20BrN. The third-order valence-electron chi connectivity index (χ3n) is 3.38. The van der Waals surface area contributed by atoms with Crippen LogP contribution in [0.1, 0.15) is 35.2 Å². The van der Waals surface area contributed by atoms with Gasteiger partial charge < -0.3 is 5.32 Å². The minimum Gasteiger partial charge on any atom is -0.306 e. The summed E-state index contributed by atoms with van der Waals surface area (Å²) in [6, 6.07) is 15.5. The van der Waals surface area contributed by atoms with E-state index in [0.717, 1.165) is 6.54 Å². The zero-order valence-corrected chi connectivity index (χ0v) is 13.3. The summed E-state index contributed by atoms with van der Waals surface area (Å²) < 4.78 is 1.17. The summed E-state index contributed by atoms with van der Waals surface area (Å²) in [4.78, 5) is 0. The molecule has 0 saturated carbocycles. The van der Waals surface area contributed by atoms with Crippen LogP contribution in [0.25, 0.3) is 0 Å². The molecule has 2 rings (SSSR count). The molecule has 1 atom stereocenters. The number of benzene rings is 2. The van der Waals surface area contributed by atoms with Gasteiger partial charge in [0.25, 0.3) is 0 Å². The number of hydrogen-bond acceptors (Lipinski definition) is 1. The van der Waals surface area contributed by atoms with Gasteiger partial charge in [-0.3, -0.25) is 0 Å². The van der Waals surface area contributed by atoms with Gasteiger partial charge >= 0.3 is 0 Å². The smallest absolute Gasteiger partial charge is 0.0295 e. The lowest BCUT2D eigenvalue weighted by molar-refractivity contribution is 0.574. The van der Waals surface area contributed by atoms with E-state index in [1.165, 1.54) is 26.7 Å². The van der Waals surface area contributed by atoms with Gasteiger partial charge in [0.2, 0.25) is 0 Å². The van der Waals surface area contributed by atoms with Crippen LogP contribution < -0.4 is 5.32 Å². The van der Waals surface area contributed by atoms with Crippen LogP contribution in [0.4, 0.5) is 0 Å². The zero-order chi connectivity index (χ0) is 13.8. The Hall–Kier alpha value is -1.12. The van der Waals surface area contributed by atoms with Crippen molar-refractivity contribution < 1.29 is 0 Å². The topological polar surface area (TPSA) is 12.0 Å². The Bertz CT molecular complexity index is 563. The first-order valence-electron chi connectivity index (χ1n) is 6.61. The second-order valence-corrected chi connectivity index (χ2v) is 5.95. The lowest BCUT2D eigenvalue weighted by Crippen LogP contribution is -2.18. The van der Waals surface area contributed by atoms with Crippen molar-refractivity contribution in [1.82, 2.24) is 5.32 Å². The molecule has 0 bridgehead atoms. The molecule has 0 aliphatic rings. The van der Waals surface area contributed by atoms with E-state index in [2.05, 4.69) is 84.5 Å².